The Morgan fingerprint density at radius 2 is 2.30 bits per heavy atom. The number of hydrogen-bond donors (Lipinski definition) is 0. The van der Waals surface area contributed by atoms with Crippen LogP contribution in [-0.2, 0) is 19.0 Å². The van der Waals surface area contributed by atoms with E-state index in [0.717, 1.165) is 0 Å². The van der Waals surface area contributed by atoms with E-state index in [2.05, 4.69) is 4.18 Å². The van der Waals surface area contributed by atoms with Crippen molar-refractivity contribution in [2.45, 2.75) is 13.0 Å². The van der Waals surface area contributed by atoms with Crippen molar-refractivity contribution < 1.29 is 17.3 Å². The van der Waals surface area contributed by atoms with Crippen LogP contribution in [-0.4, -0.2) is 33.5 Å². The van der Waals surface area contributed by atoms with E-state index >= 15 is 0 Å². The molecule has 0 aromatic heterocycles. The van der Waals surface area contributed by atoms with Crippen LogP contribution in [0.5, 0.6) is 0 Å². The van der Waals surface area contributed by atoms with Gasteiger partial charge in [0.15, 0.2) is 0 Å². The SMILES string of the molecule is CCOS(=O)(=O)C[C@@H]1CO1. The Kier molecular flexibility index (Phi) is 2.28. The van der Waals surface area contributed by atoms with Crippen molar-refractivity contribution in [3.8, 4) is 0 Å². The van der Waals surface area contributed by atoms with Gasteiger partial charge >= 0.3 is 0 Å². The number of epoxide rings is 1. The summed E-state index contributed by atoms with van der Waals surface area (Å²) in [5.74, 6) is 0.000833. The van der Waals surface area contributed by atoms with Gasteiger partial charge < -0.3 is 4.74 Å². The highest BCUT2D eigenvalue weighted by atomic mass is 32.2. The highest BCUT2D eigenvalue weighted by Gasteiger charge is 2.29. The fourth-order valence-corrected chi connectivity index (χ4v) is 1.72. The van der Waals surface area contributed by atoms with Gasteiger partial charge in [-0.15, -0.1) is 0 Å². The molecule has 1 heterocycles. The van der Waals surface area contributed by atoms with Crippen LogP contribution in [0.15, 0.2) is 0 Å². The largest absolute Gasteiger partial charge is 0.372 e. The monoisotopic (exact) mass is 166 g/mol. The fourth-order valence-electron chi connectivity index (χ4n) is 0.620. The van der Waals surface area contributed by atoms with Gasteiger partial charge in [0.25, 0.3) is 10.1 Å². The predicted molar refractivity (Wildman–Crippen MR) is 35.2 cm³/mol. The molecule has 0 spiro atoms. The summed E-state index contributed by atoms with van der Waals surface area (Å²) in [5.41, 5.74) is 0. The summed E-state index contributed by atoms with van der Waals surface area (Å²) < 4.78 is 30.8. The standard InChI is InChI=1S/C5H10O4S/c1-2-9-10(6,7)4-5-3-8-5/h5H,2-4H2,1H3/t5-/m0/s1. The van der Waals surface area contributed by atoms with Crippen LogP contribution < -0.4 is 0 Å². The summed E-state index contributed by atoms with van der Waals surface area (Å²) >= 11 is 0. The zero-order valence-corrected chi connectivity index (χ0v) is 6.56. The topological polar surface area (TPSA) is 55.9 Å². The molecule has 60 valence electrons. The van der Waals surface area contributed by atoms with Crippen LogP contribution in [0.25, 0.3) is 0 Å². The van der Waals surface area contributed by atoms with E-state index in [0.29, 0.717) is 6.61 Å². The van der Waals surface area contributed by atoms with E-state index in [1.54, 1.807) is 6.92 Å². The second kappa shape index (κ2) is 2.86. The molecule has 0 bridgehead atoms. The van der Waals surface area contributed by atoms with E-state index in [9.17, 15) is 8.42 Å². The van der Waals surface area contributed by atoms with Gasteiger partial charge in [-0.05, 0) is 6.92 Å². The molecule has 0 amide bonds. The number of hydrogen-bond acceptors (Lipinski definition) is 4. The molecule has 1 fully saturated rings. The number of ether oxygens (including phenoxy) is 1. The second-order valence-corrected chi connectivity index (χ2v) is 3.77. The quantitative estimate of drug-likeness (QED) is 0.427. The fraction of sp³-hybridized carbons (Fsp3) is 1.00. The zero-order valence-electron chi connectivity index (χ0n) is 5.74. The number of rotatable bonds is 4. The predicted octanol–water partition coefficient (Wildman–Crippen LogP) is -0.248. The molecule has 0 saturated carbocycles. The lowest BCUT2D eigenvalue weighted by Gasteiger charge is -1.98. The molecule has 10 heavy (non-hydrogen) atoms. The molecule has 1 aliphatic heterocycles. The Bertz CT molecular complexity index is 192. The molecular formula is C5H10O4S. The van der Waals surface area contributed by atoms with Crippen LogP contribution in [0.1, 0.15) is 6.92 Å². The highest BCUT2D eigenvalue weighted by Crippen LogP contribution is 2.12. The second-order valence-electron chi connectivity index (χ2n) is 2.09. The first-order valence-corrected chi connectivity index (χ1v) is 4.70. The molecule has 1 aliphatic rings. The maximum absolute atomic E-state index is 10.8. The summed E-state index contributed by atoms with van der Waals surface area (Å²) in [6.07, 6.45) is -0.114. The van der Waals surface area contributed by atoms with Gasteiger partial charge in [0.1, 0.15) is 5.75 Å². The first-order chi connectivity index (χ1) is 4.64. The van der Waals surface area contributed by atoms with Crippen molar-refractivity contribution in [2.75, 3.05) is 19.0 Å². The summed E-state index contributed by atoms with van der Waals surface area (Å²) in [5, 5.41) is 0. The molecule has 1 rings (SSSR count). The minimum Gasteiger partial charge on any atom is -0.372 e. The Morgan fingerprint density at radius 1 is 1.70 bits per heavy atom. The van der Waals surface area contributed by atoms with Crippen molar-refractivity contribution in [1.82, 2.24) is 0 Å². The summed E-state index contributed by atoms with van der Waals surface area (Å²) in [7, 11) is -3.29. The molecule has 0 unspecified atom stereocenters. The Balaban J connectivity index is 2.34. The third-order valence-electron chi connectivity index (χ3n) is 1.09. The van der Waals surface area contributed by atoms with Crippen molar-refractivity contribution in [1.29, 1.82) is 0 Å². The maximum atomic E-state index is 10.8. The molecule has 5 heteroatoms. The Labute approximate surface area is 60.3 Å². The minimum absolute atomic E-state index is 0.000833. The smallest absolute Gasteiger partial charge is 0.269 e. The van der Waals surface area contributed by atoms with E-state index in [1.807, 2.05) is 0 Å². The molecule has 0 aliphatic carbocycles. The van der Waals surface area contributed by atoms with Gasteiger partial charge in [-0.1, -0.05) is 0 Å². The molecule has 0 radical (unpaired) electrons. The van der Waals surface area contributed by atoms with Crippen molar-refractivity contribution in [2.24, 2.45) is 0 Å². The first-order valence-electron chi connectivity index (χ1n) is 3.13. The lowest BCUT2D eigenvalue weighted by atomic mass is 10.6. The van der Waals surface area contributed by atoms with E-state index in [4.69, 9.17) is 4.74 Å². The van der Waals surface area contributed by atoms with Crippen molar-refractivity contribution in [3.05, 3.63) is 0 Å². The molecule has 0 aromatic rings. The third-order valence-corrected chi connectivity index (χ3v) is 2.46. The first kappa shape index (κ1) is 7.97. The average molecular weight is 166 g/mol. The van der Waals surface area contributed by atoms with Crippen LogP contribution >= 0.6 is 0 Å². The Hall–Kier alpha value is -0.130. The van der Waals surface area contributed by atoms with Gasteiger partial charge in [0.05, 0.1) is 19.3 Å². The normalized spacial score (nSPS) is 24.7. The van der Waals surface area contributed by atoms with E-state index in [1.165, 1.54) is 0 Å². The molecule has 0 N–H and O–H groups in total. The van der Waals surface area contributed by atoms with E-state index < -0.39 is 10.1 Å². The Morgan fingerprint density at radius 3 is 2.70 bits per heavy atom. The lowest BCUT2D eigenvalue weighted by molar-refractivity contribution is 0.332. The molecule has 0 aromatic carbocycles. The van der Waals surface area contributed by atoms with Crippen molar-refractivity contribution in [3.63, 3.8) is 0 Å². The molecule has 1 saturated heterocycles. The average Bonchev–Trinajstić information content (AvgIpc) is 2.48. The van der Waals surface area contributed by atoms with Gasteiger partial charge in [0, 0.05) is 0 Å². The van der Waals surface area contributed by atoms with Gasteiger partial charge in [0.2, 0.25) is 0 Å². The molecule has 4 nitrogen and oxygen atoms in total. The van der Waals surface area contributed by atoms with Crippen molar-refractivity contribution >= 4 is 10.1 Å². The van der Waals surface area contributed by atoms with E-state index in [-0.39, 0.29) is 18.5 Å². The molecule has 1 atom stereocenters. The maximum Gasteiger partial charge on any atom is 0.269 e. The van der Waals surface area contributed by atoms with Crippen LogP contribution in [0, 0.1) is 0 Å². The van der Waals surface area contributed by atoms with Crippen LogP contribution in [0.3, 0.4) is 0 Å². The van der Waals surface area contributed by atoms with Crippen LogP contribution in [0.2, 0.25) is 0 Å². The third kappa shape index (κ3) is 2.64. The summed E-state index contributed by atoms with van der Waals surface area (Å²) in [6, 6.07) is 0. The summed E-state index contributed by atoms with van der Waals surface area (Å²) in [4.78, 5) is 0. The van der Waals surface area contributed by atoms with Gasteiger partial charge in [-0.3, -0.25) is 4.18 Å². The molecular weight excluding hydrogens is 156 g/mol. The van der Waals surface area contributed by atoms with Gasteiger partial charge in [-0.2, -0.15) is 8.42 Å². The van der Waals surface area contributed by atoms with Gasteiger partial charge in [-0.25, -0.2) is 0 Å². The zero-order chi connectivity index (χ0) is 7.61. The highest BCUT2D eigenvalue weighted by molar-refractivity contribution is 7.86. The lowest BCUT2D eigenvalue weighted by Crippen LogP contribution is -2.14. The minimum atomic E-state index is -3.29. The summed E-state index contributed by atoms with van der Waals surface area (Å²) in [6.45, 7) is 2.40. The van der Waals surface area contributed by atoms with Crippen LogP contribution in [0.4, 0.5) is 0 Å².